The molecule has 0 spiro atoms. The number of para-hydroxylation sites is 1. The first-order chi connectivity index (χ1) is 12.2. The van der Waals surface area contributed by atoms with Gasteiger partial charge in [0, 0.05) is 40.4 Å². The van der Waals surface area contributed by atoms with Gasteiger partial charge in [0.1, 0.15) is 11.9 Å². The van der Waals surface area contributed by atoms with Crippen LogP contribution in [-0.4, -0.2) is 71.0 Å². The predicted octanol–water partition coefficient (Wildman–Crippen LogP) is 2.60. The van der Waals surface area contributed by atoms with Gasteiger partial charge in [0.05, 0.1) is 6.54 Å². The summed E-state index contributed by atoms with van der Waals surface area (Å²) in [6.45, 7) is 6.49. The molecule has 7 heteroatoms. The van der Waals surface area contributed by atoms with Gasteiger partial charge in [-0.3, -0.25) is 4.99 Å². The number of ether oxygens (including phenoxy) is 2. The van der Waals surface area contributed by atoms with E-state index in [2.05, 4.69) is 34.5 Å². The summed E-state index contributed by atoms with van der Waals surface area (Å²) in [7, 11) is 5.65. The van der Waals surface area contributed by atoms with Gasteiger partial charge >= 0.3 is 0 Å². The summed E-state index contributed by atoms with van der Waals surface area (Å²) in [6, 6.07) is 9.92. The van der Waals surface area contributed by atoms with Crippen LogP contribution in [-0.2, 0) is 4.74 Å². The molecule has 1 rings (SSSR count). The minimum atomic E-state index is 0. The molecule has 1 unspecified atom stereocenters. The minimum Gasteiger partial charge on any atom is -0.489 e. The van der Waals surface area contributed by atoms with Crippen molar-refractivity contribution in [2.75, 3.05) is 54.0 Å². The Labute approximate surface area is 175 Å². The number of hydrogen-bond acceptors (Lipinski definition) is 4. The number of hydrogen-bond donors (Lipinski definition) is 2. The normalized spacial score (nSPS) is 12.4. The Morgan fingerprint density at radius 2 is 1.92 bits per heavy atom. The number of rotatable bonds is 12. The highest BCUT2D eigenvalue weighted by molar-refractivity contribution is 14.0. The number of aliphatic imine (C=N–C) groups is 1. The average molecular weight is 478 g/mol. The van der Waals surface area contributed by atoms with Gasteiger partial charge in [-0.1, -0.05) is 25.1 Å². The van der Waals surface area contributed by atoms with Crippen molar-refractivity contribution in [1.82, 2.24) is 15.5 Å². The van der Waals surface area contributed by atoms with E-state index >= 15 is 0 Å². The number of guanidine groups is 1. The predicted molar refractivity (Wildman–Crippen MR) is 120 cm³/mol. The van der Waals surface area contributed by atoms with Crippen LogP contribution < -0.4 is 15.4 Å². The maximum absolute atomic E-state index is 5.99. The maximum atomic E-state index is 5.99. The zero-order valence-electron chi connectivity index (χ0n) is 16.5. The molecule has 0 fully saturated rings. The van der Waals surface area contributed by atoms with Gasteiger partial charge in [0.25, 0.3) is 0 Å². The second kappa shape index (κ2) is 16.1. The lowest BCUT2D eigenvalue weighted by Crippen LogP contribution is -2.44. The van der Waals surface area contributed by atoms with Crippen molar-refractivity contribution >= 4 is 29.9 Å². The third kappa shape index (κ3) is 11.5. The molecule has 6 nitrogen and oxygen atoms in total. The van der Waals surface area contributed by atoms with Gasteiger partial charge in [0.2, 0.25) is 0 Å². The van der Waals surface area contributed by atoms with Gasteiger partial charge < -0.3 is 25.0 Å². The van der Waals surface area contributed by atoms with E-state index in [9.17, 15) is 0 Å². The summed E-state index contributed by atoms with van der Waals surface area (Å²) in [5.41, 5.74) is 0. The second-order valence-electron chi connectivity index (χ2n) is 5.99. The van der Waals surface area contributed by atoms with Crippen LogP contribution in [0, 0.1) is 0 Å². The minimum absolute atomic E-state index is 0. The molecule has 2 N–H and O–H groups in total. The van der Waals surface area contributed by atoms with Crippen LogP contribution >= 0.6 is 24.0 Å². The van der Waals surface area contributed by atoms with Crippen LogP contribution in [0.25, 0.3) is 0 Å². The lowest BCUT2D eigenvalue weighted by Gasteiger charge is -2.21. The molecule has 0 heterocycles. The van der Waals surface area contributed by atoms with E-state index in [0.29, 0.717) is 0 Å². The molecule has 0 bridgehead atoms. The maximum Gasteiger partial charge on any atom is 0.191 e. The molecule has 0 aliphatic rings. The Bertz CT molecular complexity index is 474. The number of halogens is 1. The van der Waals surface area contributed by atoms with Crippen LogP contribution in [0.2, 0.25) is 0 Å². The third-order valence-corrected chi connectivity index (χ3v) is 3.90. The van der Waals surface area contributed by atoms with Gasteiger partial charge in [-0.2, -0.15) is 0 Å². The van der Waals surface area contributed by atoms with Gasteiger partial charge in [0.15, 0.2) is 5.96 Å². The Morgan fingerprint density at radius 3 is 2.54 bits per heavy atom. The summed E-state index contributed by atoms with van der Waals surface area (Å²) in [6.07, 6.45) is 2.09. The van der Waals surface area contributed by atoms with E-state index in [0.717, 1.165) is 57.3 Å². The SMILES string of the molecule is CCC(CNC(=NC)NCCN(C)CCCOC)Oc1ccccc1.I. The molecule has 0 aliphatic heterocycles. The zero-order valence-corrected chi connectivity index (χ0v) is 18.9. The summed E-state index contributed by atoms with van der Waals surface area (Å²) < 4.78 is 11.1. The van der Waals surface area contributed by atoms with Crippen LogP contribution in [0.1, 0.15) is 19.8 Å². The molecule has 26 heavy (non-hydrogen) atoms. The zero-order chi connectivity index (χ0) is 18.3. The van der Waals surface area contributed by atoms with Crippen LogP contribution in [0.15, 0.2) is 35.3 Å². The molecule has 0 saturated carbocycles. The highest BCUT2D eigenvalue weighted by Gasteiger charge is 2.09. The monoisotopic (exact) mass is 478 g/mol. The highest BCUT2D eigenvalue weighted by atomic mass is 127. The molecule has 1 atom stereocenters. The Morgan fingerprint density at radius 1 is 1.19 bits per heavy atom. The smallest absolute Gasteiger partial charge is 0.191 e. The largest absolute Gasteiger partial charge is 0.489 e. The fraction of sp³-hybridized carbons (Fsp3) is 0.632. The first-order valence-corrected chi connectivity index (χ1v) is 9.03. The van der Waals surface area contributed by atoms with Crippen molar-refractivity contribution < 1.29 is 9.47 Å². The van der Waals surface area contributed by atoms with Gasteiger partial charge in [-0.25, -0.2) is 0 Å². The fourth-order valence-corrected chi connectivity index (χ4v) is 2.35. The highest BCUT2D eigenvalue weighted by Crippen LogP contribution is 2.11. The van der Waals surface area contributed by atoms with E-state index in [4.69, 9.17) is 9.47 Å². The van der Waals surface area contributed by atoms with Crippen LogP contribution in [0.3, 0.4) is 0 Å². The van der Waals surface area contributed by atoms with Crippen molar-refractivity contribution in [3.8, 4) is 5.75 Å². The van der Waals surface area contributed by atoms with E-state index in [-0.39, 0.29) is 30.1 Å². The molecule has 1 aromatic carbocycles. The number of nitrogens with zero attached hydrogens (tertiary/aromatic N) is 2. The van der Waals surface area contributed by atoms with E-state index < -0.39 is 0 Å². The van der Waals surface area contributed by atoms with Crippen molar-refractivity contribution in [3.63, 3.8) is 0 Å². The van der Waals surface area contributed by atoms with Gasteiger partial charge in [-0.15, -0.1) is 24.0 Å². The van der Waals surface area contributed by atoms with Crippen LogP contribution in [0.5, 0.6) is 5.75 Å². The molecule has 0 radical (unpaired) electrons. The summed E-state index contributed by atoms with van der Waals surface area (Å²) in [4.78, 5) is 6.56. The van der Waals surface area contributed by atoms with Gasteiger partial charge in [-0.05, 0) is 32.0 Å². The molecule has 0 saturated heterocycles. The quantitative estimate of drug-likeness (QED) is 0.209. The number of nitrogens with one attached hydrogen (secondary N) is 2. The number of likely N-dealkylation sites (N-methyl/N-ethyl adjacent to an activating group) is 1. The molecular formula is C19H35IN4O2. The summed E-state index contributed by atoms with van der Waals surface area (Å²) in [5.74, 6) is 1.71. The van der Waals surface area contributed by atoms with E-state index in [1.807, 2.05) is 30.3 Å². The molecule has 0 aromatic heterocycles. The number of methoxy groups -OCH3 is 1. The van der Waals surface area contributed by atoms with Crippen molar-refractivity contribution in [3.05, 3.63) is 30.3 Å². The lowest BCUT2D eigenvalue weighted by atomic mass is 10.2. The van der Waals surface area contributed by atoms with Crippen molar-refractivity contribution in [2.45, 2.75) is 25.9 Å². The Kier molecular flexibility index (Phi) is 15.5. The molecule has 0 aliphatic carbocycles. The first-order valence-electron chi connectivity index (χ1n) is 9.03. The fourth-order valence-electron chi connectivity index (χ4n) is 2.35. The lowest BCUT2D eigenvalue weighted by molar-refractivity contribution is 0.180. The number of benzene rings is 1. The van der Waals surface area contributed by atoms with E-state index in [1.54, 1.807) is 14.2 Å². The third-order valence-electron chi connectivity index (χ3n) is 3.90. The average Bonchev–Trinajstić information content (AvgIpc) is 2.64. The topological polar surface area (TPSA) is 58.1 Å². The van der Waals surface area contributed by atoms with Crippen molar-refractivity contribution in [2.24, 2.45) is 4.99 Å². The standard InChI is InChI=1S/C19H34N4O2.HI/c1-5-17(25-18-10-7-6-8-11-18)16-22-19(20-2)21-12-14-23(3)13-9-15-24-4;/h6-8,10-11,17H,5,9,12-16H2,1-4H3,(H2,20,21,22);1H. The molecule has 1 aromatic rings. The first kappa shape index (κ1) is 24.9. The summed E-state index contributed by atoms with van der Waals surface area (Å²) in [5, 5.41) is 6.69. The van der Waals surface area contributed by atoms with E-state index in [1.165, 1.54) is 0 Å². The molecular weight excluding hydrogens is 443 g/mol. The second-order valence-corrected chi connectivity index (χ2v) is 5.99. The summed E-state index contributed by atoms with van der Waals surface area (Å²) >= 11 is 0. The van der Waals surface area contributed by atoms with Crippen LogP contribution in [0.4, 0.5) is 0 Å². The Hall–Kier alpha value is -1.06. The Balaban J connectivity index is 0.00000625. The molecule has 0 amide bonds. The van der Waals surface area contributed by atoms with Crippen molar-refractivity contribution in [1.29, 1.82) is 0 Å². The molecule has 150 valence electrons.